The summed E-state index contributed by atoms with van der Waals surface area (Å²) in [4.78, 5) is 40.1. The van der Waals surface area contributed by atoms with Gasteiger partial charge in [0.25, 0.3) is 0 Å². The van der Waals surface area contributed by atoms with Crippen molar-refractivity contribution >= 4 is 28.8 Å². The minimum atomic E-state index is -0.0735. The number of hydrogen-bond donors (Lipinski definition) is 1. The zero-order valence-corrected chi connectivity index (χ0v) is 17.4. The van der Waals surface area contributed by atoms with E-state index in [9.17, 15) is 14.4 Å². The van der Waals surface area contributed by atoms with Crippen LogP contribution in [0.15, 0.2) is 12.1 Å². The van der Waals surface area contributed by atoms with Crippen molar-refractivity contribution < 1.29 is 14.4 Å². The fourth-order valence-corrected chi connectivity index (χ4v) is 4.28. The first-order valence-electron chi connectivity index (χ1n) is 10.0. The summed E-state index contributed by atoms with van der Waals surface area (Å²) in [5.74, 6) is 0.692. The maximum absolute atomic E-state index is 12.0. The molecule has 1 amide bonds. The number of aryl methyl sites for hydroxylation is 1. The summed E-state index contributed by atoms with van der Waals surface area (Å²) in [6, 6.07) is 3.72. The van der Waals surface area contributed by atoms with Crippen LogP contribution in [0.2, 0.25) is 0 Å². The smallest absolute Gasteiger partial charge is 0.220 e. The van der Waals surface area contributed by atoms with Crippen molar-refractivity contribution in [2.75, 3.05) is 26.2 Å². The van der Waals surface area contributed by atoms with Gasteiger partial charge in [0.15, 0.2) is 5.78 Å². The third-order valence-corrected chi connectivity index (χ3v) is 6.03. The normalized spacial score (nSPS) is 17.6. The van der Waals surface area contributed by atoms with Crippen molar-refractivity contribution in [3.8, 4) is 0 Å². The molecule has 1 fully saturated rings. The van der Waals surface area contributed by atoms with Gasteiger partial charge >= 0.3 is 0 Å². The summed E-state index contributed by atoms with van der Waals surface area (Å²) < 4.78 is 0. The summed E-state index contributed by atoms with van der Waals surface area (Å²) in [5, 5.41) is 2.90. The van der Waals surface area contributed by atoms with Crippen LogP contribution in [0.3, 0.4) is 0 Å². The van der Waals surface area contributed by atoms with E-state index in [-0.39, 0.29) is 43.2 Å². The lowest BCUT2D eigenvalue weighted by molar-refractivity contribution is -0.125. The molecule has 1 N–H and O–H groups in total. The number of nitrogens with one attached hydrogen (secondary N) is 1. The molecule has 2 heterocycles. The van der Waals surface area contributed by atoms with Crippen LogP contribution in [-0.4, -0.2) is 48.6 Å². The lowest BCUT2D eigenvalue weighted by atomic mass is 10.0. The zero-order valence-electron chi connectivity index (χ0n) is 16.6. The van der Waals surface area contributed by atoms with Gasteiger partial charge in [0.1, 0.15) is 5.78 Å². The molecule has 0 spiro atoms. The Morgan fingerprint density at radius 1 is 1.19 bits per heavy atom. The Morgan fingerprint density at radius 3 is 2.67 bits per heavy atom. The van der Waals surface area contributed by atoms with Gasteiger partial charge in [-0.15, -0.1) is 11.3 Å². The molecule has 1 aliphatic heterocycles. The van der Waals surface area contributed by atoms with Crippen LogP contribution in [0.1, 0.15) is 66.4 Å². The van der Waals surface area contributed by atoms with E-state index in [4.69, 9.17) is 0 Å². The molecule has 0 radical (unpaired) electrons. The number of Topliss-reactive ketones (excluding diaryl/α,β-unsaturated/α-hetero) is 2. The molecule has 6 heteroatoms. The minimum absolute atomic E-state index is 0.0120. The highest BCUT2D eigenvalue weighted by Gasteiger charge is 2.16. The van der Waals surface area contributed by atoms with E-state index in [1.165, 1.54) is 24.2 Å². The van der Waals surface area contributed by atoms with Crippen molar-refractivity contribution in [2.45, 2.75) is 58.8 Å². The second-order valence-corrected chi connectivity index (χ2v) is 8.91. The molecule has 1 aliphatic rings. The highest BCUT2D eigenvalue weighted by Crippen LogP contribution is 2.18. The third-order valence-electron chi connectivity index (χ3n) is 4.99. The lowest BCUT2D eigenvalue weighted by Crippen LogP contribution is -2.36. The Labute approximate surface area is 166 Å². The average Bonchev–Trinajstić information content (AvgIpc) is 3.08. The van der Waals surface area contributed by atoms with Crippen LogP contribution < -0.4 is 5.32 Å². The van der Waals surface area contributed by atoms with E-state index in [1.54, 1.807) is 0 Å². The third kappa shape index (κ3) is 8.35. The van der Waals surface area contributed by atoms with Gasteiger partial charge in [-0.25, -0.2) is 0 Å². The first kappa shape index (κ1) is 21.8. The number of carbonyl (C=O) groups excluding carboxylic acids is 3. The Kier molecular flexibility index (Phi) is 9.15. The van der Waals surface area contributed by atoms with E-state index in [0.29, 0.717) is 11.4 Å². The molecule has 1 aromatic heterocycles. The van der Waals surface area contributed by atoms with E-state index < -0.39 is 0 Å². The number of carbonyl (C=O) groups is 3. The highest BCUT2D eigenvalue weighted by atomic mass is 32.1. The molecular weight excluding hydrogens is 360 g/mol. The molecule has 1 saturated heterocycles. The van der Waals surface area contributed by atoms with Crippen molar-refractivity contribution in [3.63, 3.8) is 0 Å². The number of nitrogens with zero attached hydrogens (tertiary/aromatic N) is 1. The Hall–Kier alpha value is -1.53. The van der Waals surface area contributed by atoms with Crippen molar-refractivity contribution in [2.24, 2.45) is 5.92 Å². The van der Waals surface area contributed by atoms with Crippen LogP contribution in [0.4, 0.5) is 0 Å². The first-order chi connectivity index (χ1) is 12.9. The highest BCUT2D eigenvalue weighted by molar-refractivity contribution is 7.14. The summed E-state index contributed by atoms with van der Waals surface area (Å²) in [6.07, 6.45) is 4.41. The molecule has 150 valence electrons. The molecule has 2 rings (SSSR count). The second kappa shape index (κ2) is 11.3. The Bertz CT molecular complexity index is 641. The summed E-state index contributed by atoms with van der Waals surface area (Å²) in [6.45, 7) is 8.25. The fraction of sp³-hybridized carbons (Fsp3) is 0.667. The standard InChI is InChI=1S/C21H32N2O3S/c1-16-5-3-13-23(15-16)14-4-12-22-21(26)11-8-18(24)7-9-19(25)20-10-6-17(2)27-20/h6,10,16H,3-5,7-9,11-15H2,1-2H3,(H,22,26). The number of amides is 1. The van der Waals surface area contributed by atoms with Crippen molar-refractivity contribution in [3.05, 3.63) is 21.9 Å². The van der Waals surface area contributed by atoms with Gasteiger partial charge in [-0.1, -0.05) is 6.92 Å². The maximum atomic E-state index is 12.0. The molecule has 0 aromatic carbocycles. The predicted molar refractivity (Wildman–Crippen MR) is 109 cm³/mol. The van der Waals surface area contributed by atoms with Crippen LogP contribution >= 0.6 is 11.3 Å². The number of ketones is 2. The van der Waals surface area contributed by atoms with E-state index in [0.717, 1.165) is 36.9 Å². The van der Waals surface area contributed by atoms with Gasteiger partial charge in [0.05, 0.1) is 4.88 Å². The Morgan fingerprint density at radius 2 is 1.96 bits per heavy atom. The number of rotatable bonds is 11. The summed E-state index contributed by atoms with van der Waals surface area (Å²) in [7, 11) is 0. The SMILES string of the molecule is Cc1ccc(C(=O)CCC(=O)CCC(=O)NCCCN2CCCC(C)C2)s1. The number of hydrogen-bond acceptors (Lipinski definition) is 5. The van der Waals surface area contributed by atoms with Crippen LogP contribution in [0.5, 0.6) is 0 Å². The first-order valence-corrected chi connectivity index (χ1v) is 10.9. The molecule has 1 atom stereocenters. The summed E-state index contributed by atoms with van der Waals surface area (Å²) in [5.41, 5.74) is 0. The van der Waals surface area contributed by atoms with Gasteiger partial charge in [0, 0.05) is 43.6 Å². The van der Waals surface area contributed by atoms with E-state index >= 15 is 0 Å². The van der Waals surface area contributed by atoms with Gasteiger partial charge in [-0.2, -0.15) is 0 Å². The molecule has 1 aromatic rings. The molecule has 0 aliphatic carbocycles. The van der Waals surface area contributed by atoms with Crippen LogP contribution in [-0.2, 0) is 9.59 Å². The van der Waals surface area contributed by atoms with E-state index in [1.807, 2.05) is 19.1 Å². The molecule has 27 heavy (non-hydrogen) atoms. The maximum Gasteiger partial charge on any atom is 0.220 e. The van der Waals surface area contributed by atoms with Gasteiger partial charge in [-0.05, 0) is 57.3 Å². The lowest BCUT2D eigenvalue weighted by Gasteiger charge is -2.30. The van der Waals surface area contributed by atoms with Crippen LogP contribution in [0, 0.1) is 12.8 Å². The number of piperidine rings is 1. The molecule has 0 saturated carbocycles. The minimum Gasteiger partial charge on any atom is -0.356 e. The predicted octanol–water partition coefficient (Wildman–Crippen LogP) is 3.61. The van der Waals surface area contributed by atoms with Gasteiger partial charge in [-0.3, -0.25) is 14.4 Å². The molecule has 0 bridgehead atoms. The molecule has 5 nitrogen and oxygen atoms in total. The Balaban J connectivity index is 1.51. The second-order valence-electron chi connectivity index (χ2n) is 7.62. The molecular formula is C21H32N2O3S. The average molecular weight is 393 g/mol. The summed E-state index contributed by atoms with van der Waals surface area (Å²) >= 11 is 1.46. The molecule has 1 unspecified atom stereocenters. The quantitative estimate of drug-likeness (QED) is 0.461. The van der Waals surface area contributed by atoms with E-state index in [2.05, 4.69) is 17.1 Å². The monoisotopic (exact) mass is 392 g/mol. The van der Waals surface area contributed by atoms with Gasteiger partial charge < -0.3 is 10.2 Å². The van der Waals surface area contributed by atoms with Crippen LogP contribution in [0.25, 0.3) is 0 Å². The number of thiophene rings is 1. The fourth-order valence-electron chi connectivity index (χ4n) is 3.45. The van der Waals surface area contributed by atoms with Crippen molar-refractivity contribution in [1.82, 2.24) is 10.2 Å². The van der Waals surface area contributed by atoms with Gasteiger partial charge in [0.2, 0.25) is 5.91 Å². The van der Waals surface area contributed by atoms with Crippen molar-refractivity contribution in [1.29, 1.82) is 0 Å². The topological polar surface area (TPSA) is 66.5 Å². The largest absolute Gasteiger partial charge is 0.356 e. The zero-order chi connectivity index (χ0) is 19.6. The number of likely N-dealkylation sites (tertiary alicyclic amines) is 1.